The molecule has 1 fully saturated rings. The molecule has 0 bridgehead atoms. The van der Waals surface area contributed by atoms with Crippen LogP contribution in [0.3, 0.4) is 0 Å². The Hall–Kier alpha value is -2.53. The highest BCUT2D eigenvalue weighted by Crippen LogP contribution is 2.23. The van der Waals surface area contributed by atoms with Crippen molar-refractivity contribution in [1.29, 1.82) is 0 Å². The van der Waals surface area contributed by atoms with E-state index in [4.69, 9.17) is 0 Å². The molecule has 3 rings (SSSR count). The summed E-state index contributed by atoms with van der Waals surface area (Å²) in [6.07, 6.45) is 1.81. The van der Waals surface area contributed by atoms with Crippen LogP contribution in [-0.4, -0.2) is 50.6 Å². The highest BCUT2D eigenvalue weighted by atomic mass is 16.1. The van der Waals surface area contributed by atoms with Crippen LogP contribution in [0.1, 0.15) is 25.0 Å². The number of rotatable bonds is 7. The largest absolute Gasteiger partial charge is 0.376 e. The maximum Gasteiger partial charge on any atom is 0.243 e. The van der Waals surface area contributed by atoms with Gasteiger partial charge in [0.1, 0.15) is 0 Å². The summed E-state index contributed by atoms with van der Waals surface area (Å²) in [6.45, 7) is 8.80. The minimum atomic E-state index is -0.0151. The molecule has 0 spiro atoms. The van der Waals surface area contributed by atoms with Crippen LogP contribution in [0.25, 0.3) is 0 Å². The number of carbonyl (C=O) groups is 1. The van der Waals surface area contributed by atoms with Gasteiger partial charge in [-0.1, -0.05) is 32.0 Å². The third-order valence-electron chi connectivity index (χ3n) is 5.45. The Kier molecular flexibility index (Phi) is 6.93. The lowest BCUT2D eigenvalue weighted by Crippen LogP contribution is -2.44. The normalized spacial score (nSPS) is 14.8. The van der Waals surface area contributed by atoms with Crippen molar-refractivity contribution in [2.45, 2.75) is 26.7 Å². The Balaban J connectivity index is 1.55. The second-order valence-corrected chi connectivity index (χ2v) is 7.40. The van der Waals surface area contributed by atoms with Crippen molar-refractivity contribution in [3.05, 3.63) is 53.6 Å². The van der Waals surface area contributed by atoms with E-state index in [-0.39, 0.29) is 12.5 Å². The molecule has 2 N–H and O–H groups in total. The number of aryl methyl sites for hydroxylation is 2. The molecule has 5 heteroatoms. The van der Waals surface area contributed by atoms with Gasteiger partial charge in [-0.3, -0.25) is 4.79 Å². The van der Waals surface area contributed by atoms with Crippen LogP contribution in [0.15, 0.2) is 42.5 Å². The average Bonchev–Trinajstić information content (AvgIpc) is 2.73. The third-order valence-corrected chi connectivity index (χ3v) is 5.45. The fourth-order valence-electron chi connectivity index (χ4n) is 3.62. The van der Waals surface area contributed by atoms with Gasteiger partial charge in [-0.15, -0.1) is 0 Å². The molecule has 1 heterocycles. The molecule has 0 atom stereocenters. The first kappa shape index (κ1) is 20.2. The molecule has 1 amide bonds. The van der Waals surface area contributed by atoms with Gasteiger partial charge in [0, 0.05) is 43.2 Å². The van der Waals surface area contributed by atoms with Gasteiger partial charge in [-0.05, 0) is 55.3 Å². The molecule has 150 valence electrons. The standard InChI is InChI=1S/C23H32N4O/c1-4-18-7-6-8-19(5-2)23(18)25-22(28)17-24-20-9-11-21(12-10-20)27-15-13-26(3)14-16-27/h6-12,24H,4-5,13-17H2,1-3H3,(H,25,28). The van der Waals surface area contributed by atoms with Crippen molar-refractivity contribution in [2.75, 3.05) is 55.3 Å². The smallest absolute Gasteiger partial charge is 0.243 e. The Bertz CT molecular complexity index is 757. The molecule has 0 saturated carbocycles. The summed E-state index contributed by atoms with van der Waals surface area (Å²) in [5.41, 5.74) is 5.55. The number of hydrogen-bond donors (Lipinski definition) is 2. The number of amides is 1. The second kappa shape index (κ2) is 9.60. The van der Waals surface area contributed by atoms with Gasteiger partial charge < -0.3 is 20.4 Å². The number of hydrogen-bond acceptors (Lipinski definition) is 4. The molecule has 28 heavy (non-hydrogen) atoms. The first-order chi connectivity index (χ1) is 13.6. The van der Waals surface area contributed by atoms with E-state index in [1.54, 1.807) is 0 Å². The first-order valence-corrected chi connectivity index (χ1v) is 10.3. The summed E-state index contributed by atoms with van der Waals surface area (Å²) in [5.74, 6) is -0.0151. The minimum absolute atomic E-state index is 0.0151. The maximum atomic E-state index is 12.5. The molecule has 0 radical (unpaired) electrons. The highest BCUT2D eigenvalue weighted by Gasteiger charge is 2.14. The second-order valence-electron chi connectivity index (χ2n) is 7.40. The Labute approximate surface area is 168 Å². The predicted molar refractivity (Wildman–Crippen MR) is 118 cm³/mol. The highest BCUT2D eigenvalue weighted by molar-refractivity contribution is 5.95. The fraction of sp³-hybridized carbons (Fsp3) is 0.435. The molecular formula is C23H32N4O. The van der Waals surface area contributed by atoms with Crippen LogP contribution in [0.5, 0.6) is 0 Å². The van der Waals surface area contributed by atoms with E-state index in [9.17, 15) is 4.79 Å². The molecule has 1 aliphatic rings. The molecule has 1 aliphatic heterocycles. The molecular weight excluding hydrogens is 348 g/mol. The summed E-state index contributed by atoms with van der Waals surface area (Å²) in [5, 5.41) is 6.34. The topological polar surface area (TPSA) is 47.6 Å². The number of likely N-dealkylation sites (N-methyl/N-ethyl adjacent to an activating group) is 1. The van der Waals surface area contributed by atoms with E-state index in [1.807, 2.05) is 0 Å². The Morgan fingerprint density at radius 2 is 1.54 bits per heavy atom. The van der Waals surface area contributed by atoms with Crippen LogP contribution in [0.4, 0.5) is 17.1 Å². The van der Waals surface area contributed by atoms with E-state index in [1.165, 1.54) is 16.8 Å². The van der Waals surface area contributed by atoms with Crippen molar-refractivity contribution in [1.82, 2.24) is 4.90 Å². The first-order valence-electron chi connectivity index (χ1n) is 10.3. The minimum Gasteiger partial charge on any atom is -0.376 e. The number of carbonyl (C=O) groups excluding carboxylic acids is 1. The quantitative estimate of drug-likeness (QED) is 0.770. The van der Waals surface area contributed by atoms with E-state index in [0.29, 0.717) is 0 Å². The van der Waals surface area contributed by atoms with Crippen molar-refractivity contribution >= 4 is 23.0 Å². The monoisotopic (exact) mass is 380 g/mol. The summed E-state index contributed by atoms with van der Waals surface area (Å²) in [4.78, 5) is 17.2. The zero-order chi connectivity index (χ0) is 19.9. The number of benzene rings is 2. The molecule has 0 unspecified atom stereocenters. The zero-order valence-electron chi connectivity index (χ0n) is 17.3. The van der Waals surface area contributed by atoms with Crippen LogP contribution in [0, 0.1) is 0 Å². The van der Waals surface area contributed by atoms with Gasteiger partial charge in [0.2, 0.25) is 5.91 Å². The van der Waals surface area contributed by atoms with Crippen LogP contribution in [0.2, 0.25) is 0 Å². The van der Waals surface area contributed by atoms with Crippen molar-refractivity contribution in [2.24, 2.45) is 0 Å². The summed E-state index contributed by atoms with van der Waals surface area (Å²) >= 11 is 0. The molecule has 2 aromatic carbocycles. The van der Waals surface area contributed by atoms with Gasteiger partial charge in [0.15, 0.2) is 0 Å². The number of anilines is 3. The Morgan fingerprint density at radius 3 is 2.11 bits per heavy atom. The van der Waals surface area contributed by atoms with Crippen LogP contribution in [-0.2, 0) is 17.6 Å². The van der Waals surface area contributed by atoms with E-state index in [0.717, 1.165) is 50.4 Å². The van der Waals surface area contributed by atoms with Gasteiger partial charge in [-0.2, -0.15) is 0 Å². The number of nitrogens with one attached hydrogen (secondary N) is 2. The average molecular weight is 381 g/mol. The zero-order valence-corrected chi connectivity index (χ0v) is 17.3. The Morgan fingerprint density at radius 1 is 0.929 bits per heavy atom. The lowest BCUT2D eigenvalue weighted by atomic mass is 10.0. The van der Waals surface area contributed by atoms with Crippen LogP contribution < -0.4 is 15.5 Å². The molecule has 5 nitrogen and oxygen atoms in total. The number of nitrogens with zero attached hydrogens (tertiary/aromatic N) is 2. The molecule has 1 saturated heterocycles. The summed E-state index contributed by atoms with van der Waals surface area (Å²) in [7, 11) is 2.16. The van der Waals surface area contributed by atoms with Gasteiger partial charge in [0.25, 0.3) is 0 Å². The van der Waals surface area contributed by atoms with E-state index >= 15 is 0 Å². The third kappa shape index (κ3) is 5.04. The lowest BCUT2D eigenvalue weighted by molar-refractivity contribution is -0.114. The number of piperazine rings is 1. The van der Waals surface area contributed by atoms with E-state index < -0.39 is 0 Å². The van der Waals surface area contributed by atoms with Crippen LogP contribution >= 0.6 is 0 Å². The SMILES string of the molecule is CCc1cccc(CC)c1NC(=O)CNc1ccc(N2CCN(C)CC2)cc1. The lowest BCUT2D eigenvalue weighted by Gasteiger charge is -2.34. The molecule has 0 aliphatic carbocycles. The van der Waals surface area contributed by atoms with Crippen molar-refractivity contribution < 1.29 is 4.79 Å². The summed E-state index contributed by atoms with van der Waals surface area (Å²) < 4.78 is 0. The van der Waals surface area contributed by atoms with Gasteiger partial charge >= 0.3 is 0 Å². The molecule has 2 aromatic rings. The fourth-order valence-corrected chi connectivity index (χ4v) is 3.62. The van der Waals surface area contributed by atoms with Gasteiger partial charge in [0.05, 0.1) is 6.54 Å². The summed E-state index contributed by atoms with van der Waals surface area (Å²) in [6, 6.07) is 14.6. The van der Waals surface area contributed by atoms with Gasteiger partial charge in [-0.25, -0.2) is 0 Å². The number of para-hydroxylation sites is 1. The van der Waals surface area contributed by atoms with Crippen molar-refractivity contribution in [3.8, 4) is 0 Å². The van der Waals surface area contributed by atoms with E-state index in [2.05, 4.69) is 83.8 Å². The van der Waals surface area contributed by atoms with Crippen molar-refractivity contribution in [3.63, 3.8) is 0 Å². The maximum absolute atomic E-state index is 12.5. The molecule has 0 aromatic heterocycles. The predicted octanol–water partition coefficient (Wildman–Crippen LogP) is 3.61.